The van der Waals surface area contributed by atoms with E-state index in [1.807, 2.05) is 51.1 Å². The van der Waals surface area contributed by atoms with Crippen LogP contribution in [-0.2, 0) is 20.9 Å². The number of hydrogen-bond acceptors (Lipinski definition) is 10. The van der Waals surface area contributed by atoms with Crippen LogP contribution in [0.15, 0.2) is 107 Å². The van der Waals surface area contributed by atoms with E-state index in [1.165, 1.54) is 24.1 Å². The number of carbonyl (C=O) groups is 1. The smallest absolute Gasteiger partial charge is 0.410 e. The number of fused-ring (bicyclic) bond motifs is 2. The molecule has 0 saturated heterocycles. The maximum atomic E-state index is 14.2. The fourth-order valence-corrected chi connectivity index (χ4v) is 9.72. The van der Waals surface area contributed by atoms with Gasteiger partial charge in [-0.25, -0.2) is 9.18 Å². The molecular formula is C48H61FN2O8S. The molecule has 1 heterocycles. The number of rotatable bonds is 20. The molecule has 6 atom stereocenters. The molecule has 1 saturated carbocycles. The summed E-state index contributed by atoms with van der Waals surface area (Å²) >= 11 is 1.73. The molecular weight excluding hydrogens is 784 g/mol. The van der Waals surface area contributed by atoms with E-state index in [0.29, 0.717) is 36.5 Å². The van der Waals surface area contributed by atoms with Gasteiger partial charge in [0.2, 0.25) is 5.79 Å². The average Bonchev–Trinajstić information content (AvgIpc) is 3.24. The minimum atomic E-state index is -1.47. The summed E-state index contributed by atoms with van der Waals surface area (Å²) in [6.45, 7) is 10.7. The van der Waals surface area contributed by atoms with Crippen LogP contribution in [0.25, 0.3) is 0 Å². The lowest BCUT2D eigenvalue weighted by Crippen LogP contribution is -2.70. The van der Waals surface area contributed by atoms with Crippen LogP contribution in [0.1, 0.15) is 82.8 Å². The normalized spacial score (nSPS) is 23.8. The first-order valence-electron chi connectivity index (χ1n) is 21.2. The summed E-state index contributed by atoms with van der Waals surface area (Å²) in [6, 6.07) is 21.5. The summed E-state index contributed by atoms with van der Waals surface area (Å²) in [4.78, 5) is 23.1. The zero-order chi connectivity index (χ0) is 42.7. The summed E-state index contributed by atoms with van der Waals surface area (Å²) in [5.74, 6) is -0.329. The molecule has 2 N–H and O–H groups in total. The summed E-state index contributed by atoms with van der Waals surface area (Å²) in [5, 5.41) is 24.7. The second-order valence-electron chi connectivity index (χ2n) is 16.7. The SMILES string of the molecule is C=CCOC12Oc3ccc(OCCSc4ccccc4)cc3C3C(CCCCO)C(CCCCO)C=C(C(=NOC(C)(C)C)CC1N(Cc1ccc(F)cc1)C(=O)OC)C32. The number of allylic oxidation sites excluding steroid dienone is 1. The zero-order valence-corrected chi connectivity index (χ0v) is 36.2. The van der Waals surface area contributed by atoms with Crippen LogP contribution in [0.5, 0.6) is 11.5 Å². The Kier molecular flexibility index (Phi) is 15.8. The minimum absolute atomic E-state index is 0.0504. The van der Waals surface area contributed by atoms with Gasteiger partial charge in [0, 0.05) is 48.3 Å². The number of thioether (sulfide) groups is 1. The van der Waals surface area contributed by atoms with E-state index in [4.69, 9.17) is 28.9 Å². The predicted molar refractivity (Wildman–Crippen MR) is 233 cm³/mol. The van der Waals surface area contributed by atoms with Gasteiger partial charge in [-0.05, 0) is 112 Å². The van der Waals surface area contributed by atoms with Crippen LogP contribution < -0.4 is 9.47 Å². The van der Waals surface area contributed by atoms with Crippen LogP contribution in [0, 0.1) is 23.6 Å². The third kappa shape index (κ3) is 10.7. The number of benzene rings is 3. The molecule has 0 aromatic heterocycles. The summed E-state index contributed by atoms with van der Waals surface area (Å²) in [5.41, 5.74) is 2.65. The molecule has 1 fully saturated rings. The number of methoxy groups -OCH3 is 1. The fraction of sp³-hybridized carbons (Fsp3) is 0.500. The average molecular weight is 845 g/mol. The maximum Gasteiger partial charge on any atom is 0.410 e. The number of carbonyl (C=O) groups excluding carboxylic acids is 1. The standard InChI is InChI=1S/C48H61FN2O8S/c1-6-26-57-48-43(51(46(54)55-5)32-33-18-20-35(49)21-19-33)31-41(50-59-47(2,3)4)39-29-34(14-10-12-24-52)38(17-11-13-25-53)44(45(39)48)40-30-36(22-23-42(40)58-48)56-27-28-60-37-15-8-7-9-16-37/h6-9,15-16,18-23,29-30,34,38,43-45,52-53H,1,10-14,17,24-28,31-32H2,2-5H3. The number of ether oxygens (including phenoxy) is 4. The van der Waals surface area contributed by atoms with Crippen molar-refractivity contribution in [1.82, 2.24) is 4.90 Å². The van der Waals surface area contributed by atoms with Crippen LogP contribution in [-0.4, -0.2) is 83.6 Å². The molecule has 324 valence electrons. The van der Waals surface area contributed by atoms with E-state index in [0.717, 1.165) is 48.3 Å². The molecule has 0 bridgehead atoms. The van der Waals surface area contributed by atoms with Gasteiger partial charge < -0.3 is 34.0 Å². The first kappa shape index (κ1) is 45.2. The lowest BCUT2D eigenvalue weighted by atomic mass is 9.55. The second kappa shape index (κ2) is 20.9. The molecule has 0 spiro atoms. The molecule has 6 rings (SSSR count). The van der Waals surface area contributed by atoms with Gasteiger partial charge in [0.25, 0.3) is 0 Å². The van der Waals surface area contributed by atoms with Crippen molar-refractivity contribution in [1.29, 1.82) is 0 Å². The molecule has 60 heavy (non-hydrogen) atoms. The van der Waals surface area contributed by atoms with E-state index < -0.39 is 29.4 Å². The monoisotopic (exact) mass is 844 g/mol. The molecule has 0 radical (unpaired) electrons. The van der Waals surface area contributed by atoms with E-state index in [1.54, 1.807) is 34.9 Å². The van der Waals surface area contributed by atoms with Crippen LogP contribution in [0.3, 0.4) is 0 Å². The quantitative estimate of drug-likeness (QED) is 0.0496. The van der Waals surface area contributed by atoms with E-state index in [2.05, 4.69) is 30.9 Å². The maximum absolute atomic E-state index is 14.2. The van der Waals surface area contributed by atoms with Gasteiger partial charge >= 0.3 is 6.09 Å². The Bertz CT molecular complexity index is 1940. The van der Waals surface area contributed by atoms with Crippen LogP contribution in [0.2, 0.25) is 0 Å². The van der Waals surface area contributed by atoms with Crippen molar-refractivity contribution in [2.24, 2.45) is 22.9 Å². The lowest BCUT2D eigenvalue weighted by molar-refractivity contribution is -0.256. The number of oxime groups is 1. The highest BCUT2D eigenvalue weighted by atomic mass is 32.2. The van der Waals surface area contributed by atoms with Crippen molar-refractivity contribution < 1.29 is 43.2 Å². The first-order chi connectivity index (χ1) is 29.0. The first-order valence-corrected chi connectivity index (χ1v) is 22.2. The van der Waals surface area contributed by atoms with Gasteiger partial charge in [-0.1, -0.05) is 60.5 Å². The molecule has 6 unspecified atom stereocenters. The topological polar surface area (TPSA) is 119 Å². The molecule has 3 aliphatic rings. The minimum Gasteiger partial charge on any atom is -0.493 e. The van der Waals surface area contributed by atoms with Crippen molar-refractivity contribution in [2.75, 3.05) is 39.3 Å². The Balaban J connectivity index is 1.54. The molecule has 2 aliphatic carbocycles. The van der Waals surface area contributed by atoms with Crippen molar-refractivity contribution in [3.05, 3.63) is 114 Å². The largest absolute Gasteiger partial charge is 0.493 e. The Morgan fingerprint density at radius 3 is 2.45 bits per heavy atom. The van der Waals surface area contributed by atoms with E-state index >= 15 is 0 Å². The molecule has 12 heteroatoms. The number of nitrogens with zero attached hydrogens (tertiary/aromatic N) is 2. The van der Waals surface area contributed by atoms with Crippen molar-refractivity contribution in [3.8, 4) is 11.5 Å². The van der Waals surface area contributed by atoms with E-state index in [-0.39, 0.29) is 56.4 Å². The molecule has 10 nitrogen and oxygen atoms in total. The number of halogens is 1. The van der Waals surface area contributed by atoms with E-state index in [9.17, 15) is 19.4 Å². The molecule has 1 aliphatic heterocycles. The Labute approximate surface area is 358 Å². The molecule has 3 aromatic rings. The Hall–Kier alpha value is -4.36. The van der Waals surface area contributed by atoms with Crippen LogP contribution in [0.4, 0.5) is 9.18 Å². The van der Waals surface area contributed by atoms with Gasteiger partial charge in [-0.15, -0.1) is 18.3 Å². The second-order valence-corrected chi connectivity index (χ2v) is 17.9. The number of unbranched alkanes of at least 4 members (excludes halogenated alkanes) is 2. The lowest BCUT2D eigenvalue weighted by Gasteiger charge is -2.59. The van der Waals surface area contributed by atoms with Gasteiger partial charge in [-0.3, -0.25) is 4.90 Å². The highest BCUT2D eigenvalue weighted by Crippen LogP contribution is 2.62. The number of aliphatic hydroxyl groups is 2. The molecule has 3 aromatic carbocycles. The number of hydrogen-bond donors (Lipinski definition) is 2. The van der Waals surface area contributed by atoms with Crippen molar-refractivity contribution in [2.45, 2.75) is 101 Å². The Morgan fingerprint density at radius 1 is 1.03 bits per heavy atom. The predicted octanol–water partition coefficient (Wildman–Crippen LogP) is 9.70. The van der Waals surface area contributed by atoms with Gasteiger partial charge in [-0.2, -0.15) is 0 Å². The van der Waals surface area contributed by atoms with Gasteiger partial charge in [0.1, 0.15) is 29.0 Å². The fourth-order valence-electron chi connectivity index (χ4n) is 8.97. The van der Waals surface area contributed by atoms with Crippen LogP contribution >= 0.6 is 11.8 Å². The third-order valence-corrected chi connectivity index (χ3v) is 12.5. The van der Waals surface area contributed by atoms with Crippen molar-refractivity contribution >= 4 is 23.6 Å². The van der Waals surface area contributed by atoms with Gasteiger partial charge in [0.15, 0.2) is 0 Å². The third-order valence-electron chi connectivity index (χ3n) is 11.5. The summed E-state index contributed by atoms with van der Waals surface area (Å²) in [6.07, 6.45) is 8.17. The highest BCUT2D eigenvalue weighted by Gasteiger charge is 2.65. The van der Waals surface area contributed by atoms with Crippen molar-refractivity contribution in [3.63, 3.8) is 0 Å². The number of amides is 1. The Morgan fingerprint density at radius 2 is 1.77 bits per heavy atom. The highest BCUT2D eigenvalue weighted by molar-refractivity contribution is 7.99. The summed E-state index contributed by atoms with van der Waals surface area (Å²) < 4.78 is 40.4. The molecule has 1 amide bonds. The number of aliphatic hydroxyl groups excluding tert-OH is 2. The zero-order valence-electron chi connectivity index (χ0n) is 35.4. The van der Waals surface area contributed by atoms with Gasteiger partial charge in [0.05, 0.1) is 32.0 Å². The summed E-state index contributed by atoms with van der Waals surface area (Å²) in [7, 11) is 1.34.